The van der Waals surface area contributed by atoms with E-state index in [1.165, 1.54) is 18.3 Å². The van der Waals surface area contributed by atoms with Crippen LogP contribution >= 0.6 is 0 Å². The van der Waals surface area contributed by atoms with Crippen molar-refractivity contribution in [1.82, 2.24) is 0 Å². The van der Waals surface area contributed by atoms with E-state index in [0.29, 0.717) is 0 Å². The van der Waals surface area contributed by atoms with E-state index in [4.69, 9.17) is 0 Å². The zero-order chi connectivity index (χ0) is 10.6. The third-order valence-electron chi connectivity index (χ3n) is 1.54. The van der Waals surface area contributed by atoms with Crippen molar-refractivity contribution in [2.45, 2.75) is 18.7 Å². The van der Waals surface area contributed by atoms with Gasteiger partial charge in [0, 0.05) is 6.21 Å². The first-order valence-electron chi connectivity index (χ1n) is 4.38. The van der Waals surface area contributed by atoms with Crippen LogP contribution in [0.15, 0.2) is 39.6 Å². The van der Waals surface area contributed by atoms with E-state index in [-0.39, 0.29) is 10.8 Å². The maximum absolute atomic E-state index is 11.5. The van der Waals surface area contributed by atoms with Gasteiger partial charge in [0.1, 0.15) is 0 Å². The largest absolute Gasteiger partial charge is 0.281 e. The molecule has 0 saturated carbocycles. The van der Waals surface area contributed by atoms with Crippen molar-refractivity contribution in [2.24, 2.45) is 10.3 Å². The second-order valence-corrected chi connectivity index (χ2v) is 4.92. The summed E-state index contributed by atoms with van der Waals surface area (Å²) in [6.45, 7) is 3.76. The molecule has 0 atom stereocenters. The first-order chi connectivity index (χ1) is 6.52. The zero-order valence-electron chi connectivity index (χ0n) is 8.21. The second-order valence-electron chi connectivity index (χ2n) is 3.29. The van der Waals surface area contributed by atoms with E-state index in [9.17, 15) is 8.42 Å². The summed E-state index contributed by atoms with van der Waals surface area (Å²) in [6.07, 6.45) is 1.43. The number of hydrogen-bond donors (Lipinski definition) is 0. The average Bonchev–Trinajstić information content (AvgIpc) is 2.16. The molecule has 0 spiro atoms. The molecule has 0 heterocycles. The molecule has 1 aromatic rings. The Hall–Kier alpha value is -1.16. The lowest BCUT2D eigenvalue weighted by Gasteiger charge is -1.98. The fourth-order valence-corrected chi connectivity index (χ4v) is 1.88. The van der Waals surface area contributed by atoms with Crippen LogP contribution in [0.4, 0.5) is 0 Å². The Bertz CT molecular complexity index is 407. The van der Waals surface area contributed by atoms with Crippen LogP contribution in [0.3, 0.4) is 0 Å². The minimum atomic E-state index is -3.49. The molecular weight excluding hydrogens is 198 g/mol. The molecular formula is C10H13NO2S. The van der Waals surface area contributed by atoms with Crippen LogP contribution in [-0.2, 0) is 10.0 Å². The van der Waals surface area contributed by atoms with Gasteiger partial charge in [-0.25, -0.2) is 0 Å². The molecule has 3 nitrogen and oxygen atoms in total. The Balaban J connectivity index is 2.99. The van der Waals surface area contributed by atoms with Crippen molar-refractivity contribution in [3.8, 4) is 0 Å². The Morgan fingerprint density at radius 2 is 1.79 bits per heavy atom. The first kappa shape index (κ1) is 10.9. The molecule has 1 aromatic carbocycles. The molecule has 0 radical (unpaired) electrons. The molecule has 0 bridgehead atoms. The SMILES string of the molecule is CC(C)/C=N\S(=O)(=O)c1ccccc1. The lowest BCUT2D eigenvalue weighted by atomic mass is 10.3. The van der Waals surface area contributed by atoms with Gasteiger partial charge in [0.25, 0.3) is 10.0 Å². The highest BCUT2D eigenvalue weighted by Crippen LogP contribution is 2.10. The van der Waals surface area contributed by atoms with E-state index in [1.54, 1.807) is 18.2 Å². The minimum Gasteiger partial charge on any atom is -0.199 e. The number of sulfonamides is 1. The van der Waals surface area contributed by atoms with Gasteiger partial charge in [0.2, 0.25) is 0 Å². The maximum Gasteiger partial charge on any atom is 0.281 e. The summed E-state index contributed by atoms with van der Waals surface area (Å²) in [4.78, 5) is 0.233. The summed E-state index contributed by atoms with van der Waals surface area (Å²) < 4.78 is 26.7. The van der Waals surface area contributed by atoms with Gasteiger partial charge in [0.15, 0.2) is 0 Å². The molecule has 0 amide bonds. The predicted molar refractivity (Wildman–Crippen MR) is 57.0 cm³/mol. The maximum atomic E-state index is 11.5. The van der Waals surface area contributed by atoms with Crippen molar-refractivity contribution >= 4 is 16.2 Å². The standard InChI is InChI=1S/C10H13NO2S/c1-9(2)8-11-14(12,13)10-6-4-3-5-7-10/h3-9H,1-2H3/b11-8-. The van der Waals surface area contributed by atoms with Crippen LogP contribution in [0.1, 0.15) is 13.8 Å². The predicted octanol–water partition coefficient (Wildman–Crippen LogP) is 2.10. The van der Waals surface area contributed by atoms with Crippen molar-refractivity contribution < 1.29 is 8.42 Å². The summed E-state index contributed by atoms with van der Waals surface area (Å²) in [6, 6.07) is 8.20. The Morgan fingerprint density at radius 1 is 1.21 bits per heavy atom. The fraction of sp³-hybridized carbons (Fsp3) is 0.300. The molecule has 0 saturated heterocycles. The molecule has 76 valence electrons. The van der Waals surface area contributed by atoms with Crippen molar-refractivity contribution in [1.29, 1.82) is 0 Å². The van der Waals surface area contributed by atoms with E-state index in [2.05, 4.69) is 4.40 Å². The second kappa shape index (κ2) is 4.37. The quantitative estimate of drug-likeness (QED) is 0.719. The Kier molecular flexibility index (Phi) is 3.41. The van der Waals surface area contributed by atoms with Gasteiger partial charge in [-0.3, -0.25) is 0 Å². The zero-order valence-corrected chi connectivity index (χ0v) is 9.03. The monoisotopic (exact) mass is 211 g/mol. The van der Waals surface area contributed by atoms with E-state index in [1.807, 2.05) is 13.8 Å². The molecule has 0 aromatic heterocycles. The number of nitrogens with zero attached hydrogens (tertiary/aromatic N) is 1. The van der Waals surface area contributed by atoms with Crippen LogP contribution in [0.5, 0.6) is 0 Å². The molecule has 1 rings (SSSR count). The minimum absolute atomic E-state index is 0.133. The third kappa shape index (κ3) is 2.96. The first-order valence-corrected chi connectivity index (χ1v) is 5.82. The number of rotatable bonds is 3. The highest BCUT2D eigenvalue weighted by Gasteiger charge is 2.09. The van der Waals surface area contributed by atoms with Crippen molar-refractivity contribution in [3.63, 3.8) is 0 Å². The summed E-state index contributed by atoms with van der Waals surface area (Å²) in [5.74, 6) is 0.133. The van der Waals surface area contributed by atoms with E-state index in [0.717, 1.165) is 0 Å². The van der Waals surface area contributed by atoms with Crippen LogP contribution in [0.2, 0.25) is 0 Å². The number of hydrogen-bond acceptors (Lipinski definition) is 2. The lowest BCUT2D eigenvalue weighted by Crippen LogP contribution is -1.99. The van der Waals surface area contributed by atoms with Gasteiger partial charge in [0.05, 0.1) is 4.90 Å². The Morgan fingerprint density at radius 3 is 2.29 bits per heavy atom. The molecule has 4 heteroatoms. The van der Waals surface area contributed by atoms with E-state index >= 15 is 0 Å². The van der Waals surface area contributed by atoms with Crippen molar-refractivity contribution in [3.05, 3.63) is 30.3 Å². The molecule has 0 aliphatic rings. The Labute approximate surface area is 84.5 Å². The van der Waals surface area contributed by atoms with Crippen LogP contribution in [-0.4, -0.2) is 14.6 Å². The van der Waals surface area contributed by atoms with Crippen molar-refractivity contribution in [2.75, 3.05) is 0 Å². The van der Waals surface area contributed by atoms with Crippen LogP contribution in [0, 0.1) is 5.92 Å². The third-order valence-corrected chi connectivity index (χ3v) is 2.81. The van der Waals surface area contributed by atoms with Crippen LogP contribution in [0.25, 0.3) is 0 Å². The van der Waals surface area contributed by atoms with E-state index < -0.39 is 10.0 Å². The van der Waals surface area contributed by atoms with Gasteiger partial charge in [-0.05, 0) is 18.1 Å². The highest BCUT2D eigenvalue weighted by atomic mass is 32.2. The lowest BCUT2D eigenvalue weighted by molar-refractivity contribution is 0.598. The molecule has 0 N–H and O–H groups in total. The smallest absolute Gasteiger partial charge is 0.199 e. The van der Waals surface area contributed by atoms with Gasteiger partial charge in [-0.15, -0.1) is 0 Å². The summed E-state index contributed by atoms with van der Waals surface area (Å²) in [7, 11) is -3.49. The molecule has 14 heavy (non-hydrogen) atoms. The highest BCUT2D eigenvalue weighted by molar-refractivity contribution is 7.90. The fourth-order valence-electron chi connectivity index (χ4n) is 0.855. The topological polar surface area (TPSA) is 46.5 Å². The number of benzene rings is 1. The van der Waals surface area contributed by atoms with Gasteiger partial charge in [-0.1, -0.05) is 32.0 Å². The van der Waals surface area contributed by atoms with Gasteiger partial charge < -0.3 is 0 Å². The molecule has 0 aliphatic carbocycles. The molecule has 0 fully saturated rings. The molecule has 0 aliphatic heterocycles. The summed E-state index contributed by atoms with van der Waals surface area (Å²) >= 11 is 0. The van der Waals surface area contributed by atoms with Gasteiger partial charge >= 0.3 is 0 Å². The normalized spacial score (nSPS) is 12.5. The summed E-state index contributed by atoms with van der Waals surface area (Å²) in [5.41, 5.74) is 0. The molecule has 0 unspecified atom stereocenters. The van der Waals surface area contributed by atoms with Crippen LogP contribution < -0.4 is 0 Å². The van der Waals surface area contributed by atoms with Gasteiger partial charge in [-0.2, -0.15) is 12.8 Å². The summed E-state index contributed by atoms with van der Waals surface area (Å²) in [5, 5.41) is 0. The average molecular weight is 211 g/mol.